The van der Waals surface area contributed by atoms with Crippen LogP contribution in [0.4, 0.5) is 0 Å². The fourth-order valence-corrected chi connectivity index (χ4v) is 2.26. The van der Waals surface area contributed by atoms with Crippen molar-refractivity contribution in [3.63, 3.8) is 0 Å². The number of fused-ring (bicyclic) bond motifs is 1. The topological polar surface area (TPSA) is 30.9 Å². The van der Waals surface area contributed by atoms with Crippen LogP contribution in [0.3, 0.4) is 0 Å². The highest BCUT2D eigenvalue weighted by Gasteiger charge is 2.13. The highest BCUT2D eigenvalue weighted by atomic mass is 14.9. The summed E-state index contributed by atoms with van der Waals surface area (Å²) in [6, 6.07) is 8.82. The molecule has 0 bridgehead atoms. The quantitative estimate of drug-likeness (QED) is 0.840. The molecule has 0 saturated heterocycles. The van der Waals surface area contributed by atoms with Crippen molar-refractivity contribution in [3.8, 4) is 0 Å². The van der Waals surface area contributed by atoms with Gasteiger partial charge >= 0.3 is 0 Å². The Kier molecular flexibility index (Phi) is 3.01. The van der Waals surface area contributed by atoms with Crippen molar-refractivity contribution in [3.05, 3.63) is 35.5 Å². The van der Waals surface area contributed by atoms with Gasteiger partial charge in [-0.05, 0) is 31.4 Å². The Morgan fingerprint density at radius 1 is 1.31 bits per heavy atom. The standard InChI is InChI=1S/C14H20N2/c1-4-11(15)9-13-10(2)16(3)14-8-6-5-7-12(13)14/h5-8,11H,4,9,15H2,1-3H3. The van der Waals surface area contributed by atoms with Crippen molar-refractivity contribution < 1.29 is 0 Å². The van der Waals surface area contributed by atoms with Gasteiger partial charge in [0, 0.05) is 29.7 Å². The van der Waals surface area contributed by atoms with Gasteiger partial charge in [0.15, 0.2) is 0 Å². The van der Waals surface area contributed by atoms with Gasteiger partial charge in [0.1, 0.15) is 0 Å². The van der Waals surface area contributed by atoms with Crippen LogP contribution in [0, 0.1) is 6.92 Å². The largest absolute Gasteiger partial charge is 0.348 e. The van der Waals surface area contributed by atoms with Gasteiger partial charge < -0.3 is 10.3 Å². The van der Waals surface area contributed by atoms with E-state index in [9.17, 15) is 0 Å². The first-order valence-electron chi connectivity index (χ1n) is 5.93. The maximum absolute atomic E-state index is 6.06. The van der Waals surface area contributed by atoms with E-state index in [-0.39, 0.29) is 6.04 Å². The molecule has 2 nitrogen and oxygen atoms in total. The summed E-state index contributed by atoms with van der Waals surface area (Å²) in [5.74, 6) is 0. The third kappa shape index (κ3) is 1.74. The molecule has 0 spiro atoms. The summed E-state index contributed by atoms with van der Waals surface area (Å²) in [5.41, 5.74) is 10.1. The van der Waals surface area contributed by atoms with E-state index in [1.165, 1.54) is 22.2 Å². The molecule has 0 fully saturated rings. The monoisotopic (exact) mass is 216 g/mol. The number of para-hydroxylation sites is 1. The fourth-order valence-electron chi connectivity index (χ4n) is 2.26. The summed E-state index contributed by atoms with van der Waals surface area (Å²) in [4.78, 5) is 0. The lowest BCUT2D eigenvalue weighted by molar-refractivity contribution is 0.644. The Morgan fingerprint density at radius 2 is 2.00 bits per heavy atom. The van der Waals surface area contributed by atoms with E-state index in [0.29, 0.717) is 0 Å². The number of rotatable bonds is 3. The van der Waals surface area contributed by atoms with Crippen LogP contribution in [-0.4, -0.2) is 10.6 Å². The Hall–Kier alpha value is -1.28. The molecule has 2 aromatic rings. The molecule has 0 aliphatic heterocycles. The maximum Gasteiger partial charge on any atom is 0.0482 e. The van der Waals surface area contributed by atoms with Crippen molar-refractivity contribution in [2.75, 3.05) is 0 Å². The van der Waals surface area contributed by atoms with Crippen LogP contribution in [-0.2, 0) is 13.5 Å². The van der Waals surface area contributed by atoms with Crippen LogP contribution < -0.4 is 5.73 Å². The summed E-state index contributed by atoms with van der Waals surface area (Å²) in [7, 11) is 2.12. The van der Waals surface area contributed by atoms with Crippen LogP contribution in [0.5, 0.6) is 0 Å². The van der Waals surface area contributed by atoms with E-state index in [1.807, 2.05) is 0 Å². The molecule has 2 N–H and O–H groups in total. The van der Waals surface area contributed by atoms with Crippen LogP contribution in [0.2, 0.25) is 0 Å². The zero-order valence-electron chi connectivity index (χ0n) is 10.3. The van der Waals surface area contributed by atoms with Gasteiger partial charge in [-0.15, -0.1) is 0 Å². The van der Waals surface area contributed by atoms with Gasteiger partial charge in [-0.25, -0.2) is 0 Å². The molecule has 0 amide bonds. The lowest BCUT2D eigenvalue weighted by Crippen LogP contribution is -2.21. The highest BCUT2D eigenvalue weighted by Crippen LogP contribution is 2.25. The third-order valence-electron chi connectivity index (χ3n) is 3.52. The van der Waals surface area contributed by atoms with Crippen LogP contribution in [0.1, 0.15) is 24.6 Å². The first kappa shape index (κ1) is 11.2. The molecule has 1 aromatic heterocycles. The van der Waals surface area contributed by atoms with E-state index >= 15 is 0 Å². The predicted octanol–water partition coefficient (Wildman–Crippen LogP) is 2.77. The Morgan fingerprint density at radius 3 is 2.69 bits per heavy atom. The smallest absolute Gasteiger partial charge is 0.0482 e. The van der Waals surface area contributed by atoms with E-state index in [4.69, 9.17) is 5.73 Å². The summed E-state index contributed by atoms with van der Waals surface area (Å²) in [6.45, 7) is 4.32. The number of aryl methyl sites for hydroxylation is 1. The van der Waals surface area contributed by atoms with Crippen molar-refractivity contribution in [1.82, 2.24) is 4.57 Å². The second kappa shape index (κ2) is 4.30. The Balaban J connectivity index is 2.55. The van der Waals surface area contributed by atoms with Gasteiger partial charge in [-0.1, -0.05) is 25.1 Å². The Labute approximate surface area is 97.1 Å². The molecule has 0 aliphatic rings. The van der Waals surface area contributed by atoms with Crippen molar-refractivity contribution in [1.29, 1.82) is 0 Å². The number of nitrogens with two attached hydrogens (primary N) is 1. The van der Waals surface area contributed by atoms with Crippen LogP contribution in [0.15, 0.2) is 24.3 Å². The fraction of sp³-hybridized carbons (Fsp3) is 0.429. The van der Waals surface area contributed by atoms with Gasteiger partial charge in [0.2, 0.25) is 0 Å². The minimum atomic E-state index is 0.268. The van der Waals surface area contributed by atoms with Crippen molar-refractivity contribution >= 4 is 10.9 Å². The van der Waals surface area contributed by atoms with Gasteiger partial charge in [-0.2, -0.15) is 0 Å². The number of hydrogen-bond donors (Lipinski definition) is 1. The van der Waals surface area contributed by atoms with E-state index in [0.717, 1.165) is 12.8 Å². The van der Waals surface area contributed by atoms with Gasteiger partial charge in [0.25, 0.3) is 0 Å². The third-order valence-corrected chi connectivity index (χ3v) is 3.52. The summed E-state index contributed by atoms with van der Waals surface area (Å²) >= 11 is 0. The van der Waals surface area contributed by atoms with Crippen molar-refractivity contribution in [2.45, 2.75) is 32.7 Å². The molecule has 1 aromatic carbocycles. The van der Waals surface area contributed by atoms with Crippen LogP contribution >= 0.6 is 0 Å². The normalized spacial score (nSPS) is 13.2. The average Bonchev–Trinajstić information content (AvgIpc) is 2.55. The average molecular weight is 216 g/mol. The minimum absolute atomic E-state index is 0.268. The first-order chi connectivity index (χ1) is 7.65. The lowest BCUT2D eigenvalue weighted by atomic mass is 10.0. The summed E-state index contributed by atoms with van der Waals surface area (Å²) < 4.78 is 2.26. The summed E-state index contributed by atoms with van der Waals surface area (Å²) in [5, 5.41) is 1.35. The van der Waals surface area contributed by atoms with E-state index in [1.54, 1.807) is 0 Å². The molecule has 0 saturated carbocycles. The van der Waals surface area contributed by atoms with E-state index < -0.39 is 0 Å². The molecule has 1 unspecified atom stereocenters. The predicted molar refractivity (Wildman–Crippen MR) is 69.6 cm³/mol. The molecule has 2 rings (SSSR count). The van der Waals surface area contributed by atoms with Gasteiger partial charge in [-0.3, -0.25) is 0 Å². The summed E-state index contributed by atoms with van der Waals surface area (Å²) in [6.07, 6.45) is 2.01. The van der Waals surface area contributed by atoms with Gasteiger partial charge in [0.05, 0.1) is 0 Å². The SMILES string of the molecule is CCC(N)Cc1c(C)n(C)c2ccccc12. The molecule has 16 heavy (non-hydrogen) atoms. The molecule has 86 valence electrons. The number of aromatic nitrogens is 1. The van der Waals surface area contributed by atoms with E-state index in [2.05, 4.69) is 49.7 Å². The molecule has 1 heterocycles. The number of benzene rings is 1. The second-order valence-electron chi connectivity index (χ2n) is 4.51. The minimum Gasteiger partial charge on any atom is -0.348 e. The molecular weight excluding hydrogens is 196 g/mol. The zero-order valence-corrected chi connectivity index (χ0v) is 10.3. The highest BCUT2D eigenvalue weighted by molar-refractivity contribution is 5.85. The molecular formula is C14H20N2. The number of nitrogens with zero attached hydrogens (tertiary/aromatic N) is 1. The van der Waals surface area contributed by atoms with Crippen LogP contribution in [0.25, 0.3) is 10.9 Å². The molecule has 0 aliphatic carbocycles. The maximum atomic E-state index is 6.06. The second-order valence-corrected chi connectivity index (χ2v) is 4.51. The number of hydrogen-bond acceptors (Lipinski definition) is 1. The van der Waals surface area contributed by atoms with Crippen molar-refractivity contribution in [2.24, 2.45) is 12.8 Å². The first-order valence-corrected chi connectivity index (χ1v) is 5.93. The molecule has 0 radical (unpaired) electrons. The molecule has 2 heteroatoms. The lowest BCUT2D eigenvalue weighted by Gasteiger charge is -2.09. The molecule has 1 atom stereocenters. The zero-order chi connectivity index (χ0) is 11.7. The Bertz CT molecular complexity index is 497.